The summed E-state index contributed by atoms with van der Waals surface area (Å²) in [6, 6.07) is 14.6. The Morgan fingerprint density at radius 2 is 1.96 bits per heavy atom. The minimum Gasteiger partial charge on any atom is -0.394 e. The maximum atomic E-state index is 12.2. The van der Waals surface area contributed by atoms with Gasteiger partial charge < -0.3 is 10.4 Å². The van der Waals surface area contributed by atoms with Gasteiger partial charge in [0.25, 0.3) is 0 Å². The van der Waals surface area contributed by atoms with E-state index in [0.717, 1.165) is 16.3 Å². The second kappa shape index (κ2) is 7.81. The molecule has 3 rings (SSSR count). The summed E-state index contributed by atoms with van der Waals surface area (Å²) in [7, 11) is 0. The van der Waals surface area contributed by atoms with Gasteiger partial charge in [-0.05, 0) is 17.7 Å². The van der Waals surface area contributed by atoms with Gasteiger partial charge in [0.2, 0.25) is 5.91 Å². The predicted octanol–water partition coefficient (Wildman–Crippen LogP) is 2.60. The normalized spacial score (nSPS) is 11.9. The van der Waals surface area contributed by atoms with Crippen molar-refractivity contribution >= 4 is 17.2 Å². The van der Waals surface area contributed by atoms with Crippen molar-refractivity contribution < 1.29 is 9.90 Å². The van der Waals surface area contributed by atoms with Crippen LogP contribution in [0, 0.1) is 0 Å². The van der Waals surface area contributed by atoms with Crippen LogP contribution in [0.3, 0.4) is 0 Å². The second-order valence-corrected chi connectivity index (χ2v) is 6.11. The number of amides is 1. The van der Waals surface area contributed by atoms with Crippen molar-refractivity contribution in [3.8, 4) is 10.7 Å². The molecule has 0 aliphatic carbocycles. The highest BCUT2D eigenvalue weighted by Gasteiger charge is 2.15. The summed E-state index contributed by atoms with van der Waals surface area (Å²) in [4.78, 5) is 20.9. The molecule has 1 atom stereocenters. The van der Waals surface area contributed by atoms with Crippen molar-refractivity contribution in [2.24, 2.45) is 0 Å². The van der Waals surface area contributed by atoms with Crippen LogP contribution in [0.4, 0.5) is 0 Å². The van der Waals surface area contributed by atoms with E-state index in [-0.39, 0.29) is 18.9 Å². The zero-order valence-corrected chi connectivity index (χ0v) is 13.7. The molecule has 0 fully saturated rings. The Morgan fingerprint density at radius 1 is 1.17 bits per heavy atom. The first kappa shape index (κ1) is 16.3. The summed E-state index contributed by atoms with van der Waals surface area (Å²) in [6.07, 6.45) is 1.89. The van der Waals surface area contributed by atoms with E-state index in [1.807, 2.05) is 53.9 Å². The molecule has 0 unspecified atom stereocenters. The number of aliphatic hydroxyl groups is 1. The molecular weight excluding hydrogens is 322 g/mol. The molecule has 0 spiro atoms. The van der Waals surface area contributed by atoms with Crippen molar-refractivity contribution in [3.05, 3.63) is 71.4 Å². The monoisotopic (exact) mass is 339 g/mol. The van der Waals surface area contributed by atoms with Gasteiger partial charge in [0.05, 0.1) is 30.5 Å². The Hall–Kier alpha value is -2.57. The van der Waals surface area contributed by atoms with Crippen molar-refractivity contribution in [1.29, 1.82) is 0 Å². The van der Waals surface area contributed by atoms with E-state index in [0.29, 0.717) is 5.69 Å². The average molecular weight is 339 g/mol. The quantitative estimate of drug-likeness (QED) is 0.724. The lowest BCUT2D eigenvalue weighted by Gasteiger charge is -2.16. The molecule has 3 aromatic rings. The smallest absolute Gasteiger partial charge is 0.226 e. The molecule has 1 aromatic carbocycles. The largest absolute Gasteiger partial charge is 0.394 e. The summed E-state index contributed by atoms with van der Waals surface area (Å²) in [5, 5.41) is 15.0. The van der Waals surface area contributed by atoms with Gasteiger partial charge in [-0.25, -0.2) is 4.98 Å². The number of aromatic nitrogens is 2. The van der Waals surface area contributed by atoms with Crippen LogP contribution in [-0.2, 0) is 11.2 Å². The highest BCUT2D eigenvalue weighted by Crippen LogP contribution is 2.21. The third-order valence-corrected chi connectivity index (χ3v) is 4.41. The molecule has 2 heterocycles. The molecule has 0 aliphatic heterocycles. The lowest BCUT2D eigenvalue weighted by molar-refractivity contribution is -0.121. The molecular formula is C18H17N3O2S. The molecule has 2 aromatic heterocycles. The van der Waals surface area contributed by atoms with Gasteiger partial charge in [0.1, 0.15) is 5.01 Å². The molecule has 24 heavy (non-hydrogen) atoms. The van der Waals surface area contributed by atoms with Crippen LogP contribution >= 0.6 is 11.3 Å². The van der Waals surface area contributed by atoms with Gasteiger partial charge in [-0.2, -0.15) is 0 Å². The van der Waals surface area contributed by atoms with Gasteiger partial charge in [-0.15, -0.1) is 11.3 Å². The van der Waals surface area contributed by atoms with Crippen molar-refractivity contribution in [2.75, 3.05) is 6.61 Å². The highest BCUT2D eigenvalue weighted by molar-refractivity contribution is 7.13. The van der Waals surface area contributed by atoms with E-state index >= 15 is 0 Å². The van der Waals surface area contributed by atoms with Crippen molar-refractivity contribution in [2.45, 2.75) is 12.5 Å². The van der Waals surface area contributed by atoms with Crippen LogP contribution in [0.2, 0.25) is 0 Å². The zero-order chi connectivity index (χ0) is 16.8. The fraction of sp³-hybridized carbons (Fsp3) is 0.167. The number of aliphatic hydroxyl groups excluding tert-OH is 1. The van der Waals surface area contributed by atoms with Gasteiger partial charge in [0, 0.05) is 11.6 Å². The summed E-state index contributed by atoms with van der Waals surface area (Å²) >= 11 is 1.46. The number of pyridine rings is 1. The molecule has 0 aliphatic rings. The first-order valence-corrected chi connectivity index (χ1v) is 8.45. The van der Waals surface area contributed by atoms with E-state index in [9.17, 15) is 9.90 Å². The summed E-state index contributed by atoms with van der Waals surface area (Å²) in [6.45, 7) is -0.147. The number of benzene rings is 1. The molecule has 1 amide bonds. The van der Waals surface area contributed by atoms with Crippen LogP contribution in [0.5, 0.6) is 0 Å². The fourth-order valence-electron chi connectivity index (χ4n) is 2.32. The van der Waals surface area contributed by atoms with Gasteiger partial charge >= 0.3 is 0 Å². The second-order valence-electron chi connectivity index (χ2n) is 5.25. The Labute approximate surface area is 144 Å². The Bertz CT molecular complexity index is 790. The fourth-order valence-corrected chi connectivity index (χ4v) is 3.12. The summed E-state index contributed by atoms with van der Waals surface area (Å²) < 4.78 is 0. The lowest BCUT2D eigenvalue weighted by atomic mass is 10.1. The first-order chi connectivity index (χ1) is 11.8. The van der Waals surface area contributed by atoms with Crippen LogP contribution in [0.15, 0.2) is 60.1 Å². The molecule has 0 saturated carbocycles. The van der Waals surface area contributed by atoms with Crippen molar-refractivity contribution in [3.63, 3.8) is 0 Å². The molecule has 122 valence electrons. The third-order valence-electron chi connectivity index (χ3n) is 3.50. The Kier molecular flexibility index (Phi) is 5.30. The summed E-state index contributed by atoms with van der Waals surface area (Å²) in [5.41, 5.74) is 2.37. The van der Waals surface area contributed by atoms with Gasteiger partial charge in [-0.1, -0.05) is 36.4 Å². The highest BCUT2D eigenvalue weighted by atomic mass is 32.1. The topological polar surface area (TPSA) is 75.1 Å². The van der Waals surface area contributed by atoms with E-state index in [4.69, 9.17) is 0 Å². The zero-order valence-electron chi connectivity index (χ0n) is 12.9. The van der Waals surface area contributed by atoms with E-state index in [1.54, 1.807) is 6.20 Å². The van der Waals surface area contributed by atoms with Crippen LogP contribution < -0.4 is 5.32 Å². The number of nitrogens with zero attached hydrogens (tertiary/aromatic N) is 2. The number of hydrogen-bond donors (Lipinski definition) is 2. The maximum Gasteiger partial charge on any atom is 0.226 e. The number of carbonyl (C=O) groups is 1. The van der Waals surface area contributed by atoms with Crippen LogP contribution in [-0.4, -0.2) is 27.6 Å². The van der Waals surface area contributed by atoms with Gasteiger partial charge in [0.15, 0.2) is 0 Å². The van der Waals surface area contributed by atoms with E-state index in [2.05, 4.69) is 15.3 Å². The minimum atomic E-state index is -0.410. The molecule has 5 nitrogen and oxygen atoms in total. The molecule has 0 saturated heterocycles. The Morgan fingerprint density at radius 3 is 2.67 bits per heavy atom. The minimum absolute atomic E-state index is 0.147. The summed E-state index contributed by atoms with van der Waals surface area (Å²) in [5.74, 6) is -0.171. The number of thiazole rings is 1. The Balaban J connectivity index is 1.64. The predicted molar refractivity (Wildman–Crippen MR) is 93.5 cm³/mol. The standard InChI is InChI=1S/C18H17N3O2S/c22-11-16(13-6-2-1-3-7-13)21-17(23)10-14-12-24-18(20-14)15-8-4-5-9-19-15/h1-9,12,16,22H,10-11H2,(H,21,23)/t16-/m0/s1. The number of carbonyl (C=O) groups excluding carboxylic acids is 1. The average Bonchev–Trinajstić information content (AvgIpc) is 3.09. The van der Waals surface area contributed by atoms with Crippen molar-refractivity contribution in [1.82, 2.24) is 15.3 Å². The van der Waals surface area contributed by atoms with E-state index in [1.165, 1.54) is 11.3 Å². The number of hydrogen-bond acceptors (Lipinski definition) is 5. The molecule has 0 bridgehead atoms. The molecule has 2 N–H and O–H groups in total. The first-order valence-electron chi connectivity index (χ1n) is 7.57. The number of nitrogens with one attached hydrogen (secondary N) is 1. The van der Waals surface area contributed by atoms with Crippen LogP contribution in [0.1, 0.15) is 17.3 Å². The SMILES string of the molecule is O=C(Cc1csc(-c2ccccn2)n1)N[C@@H](CO)c1ccccc1. The van der Waals surface area contributed by atoms with E-state index < -0.39 is 6.04 Å². The maximum absolute atomic E-state index is 12.2. The number of rotatable bonds is 6. The lowest BCUT2D eigenvalue weighted by Crippen LogP contribution is -2.32. The molecule has 6 heteroatoms. The van der Waals surface area contributed by atoms with Gasteiger partial charge in [-0.3, -0.25) is 9.78 Å². The molecule has 0 radical (unpaired) electrons. The van der Waals surface area contributed by atoms with Crippen LogP contribution in [0.25, 0.3) is 10.7 Å². The third kappa shape index (κ3) is 4.04.